The molecule has 0 saturated carbocycles. The predicted molar refractivity (Wildman–Crippen MR) is 86.9 cm³/mol. The minimum absolute atomic E-state index is 0.122. The fourth-order valence-corrected chi connectivity index (χ4v) is 5.33. The lowest BCUT2D eigenvalue weighted by Crippen LogP contribution is -2.38. The van der Waals surface area contributed by atoms with Gasteiger partial charge in [-0.05, 0) is 19.8 Å². The number of piperidine rings is 1. The van der Waals surface area contributed by atoms with Crippen molar-refractivity contribution in [1.29, 1.82) is 0 Å². The number of hydrogen-bond acceptors (Lipinski definition) is 4. The molecule has 0 amide bonds. The van der Waals surface area contributed by atoms with Crippen LogP contribution >= 0.6 is 11.6 Å². The average Bonchev–Trinajstić information content (AvgIpc) is 3.03. The topological polar surface area (TPSA) is 73.0 Å². The summed E-state index contributed by atoms with van der Waals surface area (Å²) in [5.74, 6) is 1.30. The maximum absolute atomic E-state index is 12.9. The van der Waals surface area contributed by atoms with Gasteiger partial charge in [-0.1, -0.05) is 11.6 Å². The van der Waals surface area contributed by atoms with Gasteiger partial charge in [-0.15, -0.1) is 0 Å². The zero-order valence-electron chi connectivity index (χ0n) is 13.4. The summed E-state index contributed by atoms with van der Waals surface area (Å²) in [4.78, 5) is 4.50. The van der Waals surface area contributed by atoms with Crippen LogP contribution < -0.4 is 0 Å². The van der Waals surface area contributed by atoms with Gasteiger partial charge in [-0.2, -0.15) is 9.40 Å². The van der Waals surface area contributed by atoms with Crippen molar-refractivity contribution in [2.75, 3.05) is 13.1 Å². The van der Waals surface area contributed by atoms with Crippen molar-refractivity contribution < 1.29 is 8.42 Å². The number of aromatic nitrogens is 4. The molecular formula is C14H20ClN5O2S. The van der Waals surface area contributed by atoms with Gasteiger partial charge in [0.05, 0.1) is 5.69 Å². The Morgan fingerprint density at radius 1 is 1.26 bits per heavy atom. The normalized spacial score (nSPS) is 17.7. The van der Waals surface area contributed by atoms with Crippen LogP contribution in [0.5, 0.6) is 0 Å². The summed E-state index contributed by atoms with van der Waals surface area (Å²) in [5.41, 5.74) is 0.434. The third kappa shape index (κ3) is 2.79. The Hall–Kier alpha value is -1.38. The molecule has 1 fully saturated rings. The molecular weight excluding hydrogens is 338 g/mol. The van der Waals surface area contributed by atoms with Crippen molar-refractivity contribution in [3.8, 4) is 0 Å². The molecule has 0 unspecified atom stereocenters. The Morgan fingerprint density at radius 3 is 2.39 bits per heavy atom. The maximum atomic E-state index is 12.9. The summed E-state index contributed by atoms with van der Waals surface area (Å²) >= 11 is 6.13. The molecule has 2 aromatic rings. The minimum Gasteiger partial charge on any atom is -0.338 e. The van der Waals surface area contributed by atoms with E-state index in [1.807, 2.05) is 17.8 Å². The van der Waals surface area contributed by atoms with E-state index in [2.05, 4.69) is 10.1 Å². The van der Waals surface area contributed by atoms with Crippen LogP contribution in [0.2, 0.25) is 5.15 Å². The zero-order valence-corrected chi connectivity index (χ0v) is 15.0. The smallest absolute Gasteiger partial charge is 0.248 e. The molecule has 0 bridgehead atoms. The number of nitrogens with zero attached hydrogens (tertiary/aromatic N) is 5. The first-order chi connectivity index (χ1) is 10.8. The first kappa shape index (κ1) is 16.5. The SMILES string of the molecule is Cc1nn(C)c(Cl)c1S(=O)(=O)N1CCC(c2nccn2C)CC1. The van der Waals surface area contributed by atoms with Crippen LogP contribution in [-0.4, -0.2) is 45.1 Å². The van der Waals surface area contributed by atoms with Gasteiger partial charge in [0.15, 0.2) is 0 Å². The fourth-order valence-electron chi connectivity index (χ4n) is 3.16. The Morgan fingerprint density at radius 2 is 1.91 bits per heavy atom. The molecule has 1 saturated heterocycles. The molecule has 0 aromatic carbocycles. The molecule has 23 heavy (non-hydrogen) atoms. The number of rotatable bonds is 3. The van der Waals surface area contributed by atoms with Crippen molar-refractivity contribution in [1.82, 2.24) is 23.6 Å². The molecule has 0 aliphatic carbocycles. The monoisotopic (exact) mass is 357 g/mol. The summed E-state index contributed by atoms with van der Waals surface area (Å²) in [6.45, 7) is 2.59. The number of imidazole rings is 1. The summed E-state index contributed by atoms with van der Waals surface area (Å²) in [6.07, 6.45) is 5.19. The van der Waals surface area contributed by atoms with Crippen LogP contribution in [0, 0.1) is 6.92 Å². The highest BCUT2D eigenvalue weighted by atomic mass is 35.5. The Labute approximate surface area is 140 Å². The van der Waals surface area contributed by atoms with Crippen LogP contribution in [0.25, 0.3) is 0 Å². The van der Waals surface area contributed by atoms with E-state index >= 15 is 0 Å². The number of hydrogen-bond donors (Lipinski definition) is 0. The van der Waals surface area contributed by atoms with E-state index in [1.165, 1.54) is 8.99 Å². The van der Waals surface area contributed by atoms with Gasteiger partial charge in [-0.25, -0.2) is 13.4 Å². The predicted octanol–water partition coefficient (Wildman–Crippen LogP) is 1.68. The van der Waals surface area contributed by atoms with Gasteiger partial charge < -0.3 is 4.57 Å². The van der Waals surface area contributed by atoms with Gasteiger partial charge >= 0.3 is 0 Å². The van der Waals surface area contributed by atoms with Crippen molar-refractivity contribution >= 4 is 21.6 Å². The zero-order chi connectivity index (χ0) is 16.8. The first-order valence-corrected chi connectivity index (χ1v) is 9.30. The molecule has 0 N–H and O–H groups in total. The van der Waals surface area contributed by atoms with E-state index in [1.54, 1.807) is 20.2 Å². The number of sulfonamides is 1. The number of aryl methyl sites for hydroxylation is 3. The van der Waals surface area contributed by atoms with Crippen molar-refractivity contribution in [2.24, 2.45) is 14.1 Å². The fraction of sp³-hybridized carbons (Fsp3) is 0.571. The van der Waals surface area contributed by atoms with Gasteiger partial charge in [-0.3, -0.25) is 4.68 Å². The van der Waals surface area contributed by atoms with Gasteiger partial charge in [0.1, 0.15) is 15.9 Å². The Bertz CT molecular complexity index is 818. The third-order valence-corrected chi connectivity index (χ3v) is 6.97. The largest absolute Gasteiger partial charge is 0.338 e. The molecule has 7 nitrogen and oxygen atoms in total. The lowest BCUT2D eigenvalue weighted by Gasteiger charge is -2.30. The average molecular weight is 358 g/mol. The van der Waals surface area contributed by atoms with Crippen LogP contribution in [0.3, 0.4) is 0 Å². The Balaban J connectivity index is 1.80. The van der Waals surface area contributed by atoms with Crippen LogP contribution in [-0.2, 0) is 24.1 Å². The second-order valence-electron chi connectivity index (χ2n) is 5.90. The molecule has 3 heterocycles. The van der Waals surface area contributed by atoms with E-state index < -0.39 is 10.0 Å². The Kier molecular flexibility index (Phi) is 4.24. The molecule has 126 valence electrons. The van der Waals surface area contributed by atoms with Crippen LogP contribution in [0.1, 0.15) is 30.3 Å². The second kappa shape index (κ2) is 5.92. The van der Waals surface area contributed by atoms with Gasteiger partial charge in [0.2, 0.25) is 10.0 Å². The van der Waals surface area contributed by atoms with Gasteiger partial charge in [0, 0.05) is 45.5 Å². The molecule has 1 aliphatic heterocycles. The third-order valence-electron chi connectivity index (χ3n) is 4.38. The van der Waals surface area contributed by atoms with Gasteiger partial charge in [0.25, 0.3) is 0 Å². The second-order valence-corrected chi connectivity index (χ2v) is 8.14. The molecule has 0 spiro atoms. The molecule has 9 heteroatoms. The summed E-state index contributed by atoms with van der Waals surface area (Å²) in [7, 11) is -0.0110. The van der Waals surface area contributed by atoms with Crippen molar-refractivity contribution in [2.45, 2.75) is 30.6 Å². The summed E-state index contributed by atoms with van der Waals surface area (Å²) in [6, 6.07) is 0. The molecule has 0 atom stereocenters. The number of halogens is 1. The van der Waals surface area contributed by atoms with E-state index in [0.29, 0.717) is 18.8 Å². The molecule has 3 rings (SSSR count). The van der Waals surface area contributed by atoms with E-state index in [9.17, 15) is 8.42 Å². The maximum Gasteiger partial charge on any atom is 0.248 e. The molecule has 2 aromatic heterocycles. The van der Waals surface area contributed by atoms with Crippen LogP contribution in [0.4, 0.5) is 0 Å². The minimum atomic E-state index is -3.61. The highest BCUT2D eigenvalue weighted by molar-refractivity contribution is 7.89. The van der Waals surface area contributed by atoms with E-state index in [4.69, 9.17) is 11.6 Å². The lowest BCUT2D eigenvalue weighted by molar-refractivity contribution is 0.311. The highest BCUT2D eigenvalue weighted by Gasteiger charge is 2.35. The summed E-state index contributed by atoms with van der Waals surface area (Å²) in [5, 5.41) is 4.27. The van der Waals surface area contributed by atoms with Crippen molar-refractivity contribution in [3.05, 3.63) is 29.1 Å². The van der Waals surface area contributed by atoms with Crippen LogP contribution in [0.15, 0.2) is 17.3 Å². The standard InChI is InChI=1S/C14H20ClN5O2S/c1-10-12(13(15)19(3)17-10)23(21,22)20-7-4-11(5-8-20)14-16-6-9-18(14)2/h6,9,11H,4-5,7-8H2,1-3H3. The summed E-state index contributed by atoms with van der Waals surface area (Å²) < 4.78 is 30.6. The molecule has 0 radical (unpaired) electrons. The van der Waals surface area contributed by atoms with Crippen molar-refractivity contribution in [3.63, 3.8) is 0 Å². The highest BCUT2D eigenvalue weighted by Crippen LogP contribution is 2.32. The first-order valence-electron chi connectivity index (χ1n) is 7.49. The van der Waals surface area contributed by atoms with E-state index in [-0.39, 0.29) is 16.0 Å². The van der Waals surface area contributed by atoms with E-state index in [0.717, 1.165) is 18.7 Å². The molecule has 1 aliphatic rings. The lowest BCUT2D eigenvalue weighted by atomic mass is 9.97. The quantitative estimate of drug-likeness (QED) is 0.837.